The molecular weight excluding hydrogens is 181 g/mol. The van der Waals surface area contributed by atoms with E-state index in [0.717, 1.165) is 5.92 Å². The molecule has 0 aromatic heterocycles. The van der Waals surface area contributed by atoms with Crippen molar-refractivity contribution in [2.24, 2.45) is 5.92 Å². The first-order chi connectivity index (χ1) is 7.29. The highest BCUT2D eigenvalue weighted by Crippen LogP contribution is 2.30. The van der Waals surface area contributed by atoms with Crippen LogP contribution in [0.3, 0.4) is 0 Å². The van der Waals surface area contributed by atoms with Crippen molar-refractivity contribution in [2.45, 2.75) is 38.9 Å². The predicted molar refractivity (Wildman–Crippen MR) is 69.0 cm³/mol. The fourth-order valence-electron chi connectivity index (χ4n) is 2.61. The van der Waals surface area contributed by atoms with Gasteiger partial charge >= 0.3 is 0 Å². The quantitative estimate of drug-likeness (QED) is 0.689. The summed E-state index contributed by atoms with van der Waals surface area (Å²) in [5, 5.41) is 3.36. The number of hydrogen-bond acceptors (Lipinski definition) is 1. The molecule has 2 rings (SSSR count). The molecule has 1 nitrogen and oxygen atoms in total. The van der Waals surface area contributed by atoms with Crippen molar-refractivity contribution in [3.05, 3.63) is 22.8 Å². The minimum atomic E-state index is 0.927. The standard InChI is InChI=1S/C13H22BN/c1-10-6-11(4-5-14)2-3-13(10)7-12-8-15-9-12/h6,12,15H,2-5,7-9,14H2,1H3. The summed E-state index contributed by atoms with van der Waals surface area (Å²) < 4.78 is 0. The molecule has 0 unspecified atom stereocenters. The zero-order valence-electron chi connectivity index (χ0n) is 10.1. The summed E-state index contributed by atoms with van der Waals surface area (Å²) in [5.41, 5.74) is 4.96. The third-order valence-corrected chi connectivity index (χ3v) is 3.70. The summed E-state index contributed by atoms with van der Waals surface area (Å²) in [4.78, 5) is 0. The Morgan fingerprint density at radius 3 is 2.73 bits per heavy atom. The molecule has 0 atom stereocenters. The lowest BCUT2D eigenvalue weighted by Gasteiger charge is -2.30. The van der Waals surface area contributed by atoms with Gasteiger partial charge in [0.2, 0.25) is 0 Å². The second-order valence-electron chi connectivity index (χ2n) is 5.07. The van der Waals surface area contributed by atoms with E-state index in [1.54, 1.807) is 16.7 Å². The molecular formula is C13H22BN. The Morgan fingerprint density at radius 2 is 2.20 bits per heavy atom. The van der Waals surface area contributed by atoms with Gasteiger partial charge in [-0.15, -0.1) is 0 Å². The van der Waals surface area contributed by atoms with Crippen molar-refractivity contribution < 1.29 is 0 Å². The zero-order valence-corrected chi connectivity index (χ0v) is 10.1. The Bertz CT molecular complexity index is 287. The van der Waals surface area contributed by atoms with Crippen LogP contribution in [0.1, 0.15) is 32.6 Å². The van der Waals surface area contributed by atoms with Crippen LogP contribution in [0.25, 0.3) is 0 Å². The molecule has 0 radical (unpaired) electrons. The van der Waals surface area contributed by atoms with Crippen LogP contribution in [0.5, 0.6) is 0 Å². The third kappa shape index (κ3) is 2.75. The number of allylic oxidation sites excluding steroid dienone is 4. The topological polar surface area (TPSA) is 12.0 Å². The van der Waals surface area contributed by atoms with Crippen molar-refractivity contribution >= 4 is 7.85 Å². The van der Waals surface area contributed by atoms with Crippen LogP contribution < -0.4 is 5.32 Å². The summed E-state index contributed by atoms with van der Waals surface area (Å²) in [6.45, 7) is 4.78. The largest absolute Gasteiger partial charge is 0.316 e. The lowest BCUT2D eigenvalue weighted by molar-refractivity contribution is 0.342. The SMILES string of the molecule is BCCC1=CC(C)=C(CC2CNC2)CC1. The normalized spacial score (nSPS) is 22.6. The van der Waals surface area contributed by atoms with E-state index in [1.807, 2.05) is 0 Å². The lowest BCUT2D eigenvalue weighted by Crippen LogP contribution is -2.42. The van der Waals surface area contributed by atoms with E-state index in [0.29, 0.717) is 0 Å². The molecule has 0 aromatic rings. The Morgan fingerprint density at radius 1 is 1.40 bits per heavy atom. The van der Waals surface area contributed by atoms with Crippen molar-refractivity contribution in [1.82, 2.24) is 5.32 Å². The maximum atomic E-state index is 3.36. The van der Waals surface area contributed by atoms with Crippen LogP contribution in [0.4, 0.5) is 0 Å². The number of rotatable bonds is 4. The van der Waals surface area contributed by atoms with Gasteiger partial charge in [0.1, 0.15) is 7.85 Å². The minimum Gasteiger partial charge on any atom is -0.316 e. The van der Waals surface area contributed by atoms with Crippen molar-refractivity contribution in [2.75, 3.05) is 13.1 Å². The molecule has 2 aliphatic rings. The second-order valence-corrected chi connectivity index (χ2v) is 5.07. The highest BCUT2D eigenvalue weighted by molar-refractivity contribution is 6.08. The molecule has 0 amide bonds. The van der Waals surface area contributed by atoms with Gasteiger partial charge in [-0.3, -0.25) is 0 Å². The molecule has 2 heteroatoms. The summed E-state index contributed by atoms with van der Waals surface area (Å²) in [6, 6.07) is 0. The maximum Gasteiger partial charge on any atom is 0.101 e. The Balaban J connectivity index is 1.95. The van der Waals surface area contributed by atoms with E-state index >= 15 is 0 Å². The lowest BCUT2D eigenvalue weighted by atomic mass is 9.83. The first-order valence-electron chi connectivity index (χ1n) is 6.38. The molecule has 15 heavy (non-hydrogen) atoms. The maximum absolute atomic E-state index is 3.36. The van der Waals surface area contributed by atoms with E-state index < -0.39 is 0 Å². The van der Waals surface area contributed by atoms with Crippen LogP contribution in [0.15, 0.2) is 22.8 Å². The predicted octanol–water partition coefficient (Wildman–Crippen LogP) is 2.07. The molecule has 0 spiro atoms. The molecule has 0 aromatic carbocycles. The molecule has 0 saturated carbocycles. The van der Waals surface area contributed by atoms with Crippen LogP contribution in [-0.4, -0.2) is 20.9 Å². The molecule has 1 aliphatic heterocycles. The first kappa shape index (κ1) is 11.0. The van der Waals surface area contributed by atoms with Gasteiger partial charge in [-0.25, -0.2) is 0 Å². The molecule has 1 aliphatic carbocycles. The zero-order chi connectivity index (χ0) is 10.7. The van der Waals surface area contributed by atoms with Gasteiger partial charge in [0.05, 0.1) is 0 Å². The van der Waals surface area contributed by atoms with Gasteiger partial charge < -0.3 is 5.32 Å². The van der Waals surface area contributed by atoms with E-state index in [4.69, 9.17) is 0 Å². The molecule has 1 heterocycles. The van der Waals surface area contributed by atoms with E-state index in [2.05, 4.69) is 26.2 Å². The van der Waals surface area contributed by atoms with Crippen molar-refractivity contribution in [3.8, 4) is 0 Å². The van der Waals surface area contributed by atoms with Gasteiger partial charge in [-0.1, -0.05) is 29.1 Å². The third-order valence-electron chi connectivity index (χ3n) is 3.70. The number of nitrogens with one attached hydrogen (secondary N) is 1. The summed E-state index contributed by atoms with van der Waals surface area (Å²) in [7, 11) is 2.27. The van der Waals surface area contributed by atoms with E-state index in [1.165, 1.54) is 45.1 Å². The Kier molecular flexibility index (Phi) is 3.68. The van der Waals surface area contributed by atoms with Crippen LogP contribution in [-0.2, 0) is 0 Å². The Hall–Kier alpha value is -0.495. The second kappa shape index (κ2) is 5.02. The van der Waals surface area contributed by atoms with Crippen LogP contribution in [0.2, 0.25) is 6.32 Å². The molecule has 1 fully saturated rings. The monoisotopic (exact) mass is 203 g/mol. The molecule has 1 saturated heterocycles. The fourth-order valence-corrected chi connectivity index (χ4v) is 2.61. The average Bonchev–Trinajstić information content (AvgIpc) is 2.14. The van der Waals surface area contributed by atoms with Gasteiger partial charge in [0, 0.05) is 0 Å². The van der Waals surface area contributed by atoms with Crippen LogP contribution in [0, 0.1) is 5.92 Å². The fraction of sp³-hybridized carbons (Fsp3) is 0.692. The molecule has 82 valence electrons. The Labute approximate surface area is 94.4 Å². The smallest absolute Gasteiger partial charge is 0.101 e. The van der Waals surface area contributed by atoms with Crippen molar-refractivity contribution in [3.63, 3.8) is 0 Å². The van der Waals surface area contributed by atoms with E-state index in [9.17, 15) is 0 Å². The van der Waals surface area contributed by atoms with E-state index in [-0.39, 0.29) is 0 Å². The van der Waals surface area contributed by atoms with Gasteiger partial charge in [-0.2, -0.15) is 0 Å². The number of hydrogen-bond donors (Lipinski definition) is 1. The highest BCUT2D eigenvalue weighted by atomic mass is 14.9. The van der Waals surface area contributed by atoms with Crippen molar-refractivity contribution in [1.29, 1.82) is 0 Å². The first-order valence-corrected chi connectivity index (χ1v) is 6.38. The van der Waals surface area contributed by atoms with Gasteiger partial charge in [0.15, 0.2) is 0 Å². The summed E-state index contributed by atoms with van der Waals surface area (Å²) in [6.07, 6.45) is 9.04. The minimum absolute atomic E-state index is 0.927. The molecule has 1 N–H and O–H groups in total. The summed E-state index contributed by atoms with van der Waals surface area (Å²) in [5.74, 6) is 0.927. The van der Waals surface area contributed by atoms with Gasteiger partial charge in [0.25, 0.3) is 0 Å². The summed E-state index contributed by atoms with van der Waals surface area (Å²) >= 11 is 0. The van der Waals surface area contributed by atoms with Gasteiger partial charge in [-0.05, 0) is 51.6 Å². The average molecular weight is 203 g/mol. The van der Waals surface area contributed by atoms with Crippen LogP contribution >= 0.6 is 0 Å². The molecule has 0 bridgehead atoms. The highest BCUT2D eigenvalue weighted by Gasteiger charge is 2.20.